The molecule has 4 nitrogen and oxygen atoms in total. The number of likely N-dealkylation sites (tertiary alicyclic amines) is 1. The van der Waals surface area contributed by atoms with Gasteiger partial charge in [-0.2, -0.15) is 0 Å². The summed E-state index contributed by atoms with van der Waals surface area (Å²) < 4.78 is 5.63. The van der Waals surface area contributed by atoms with Crippen LogP contribution in [-0.2, 0) is 0 Å². The fourth-order valence-electron chi connectivity index (χ4n) is 3.39. The topological polar surface area (TPSA) is 44.7 Å². The minimum atomic E-state index is -0.513. The van der Waals surface area contributed by atoms with E-state index in [4.69, 9.17) is 4.74 Å². The molecule has 1 aromatic heterocycles. The number of benzene rings is 1. The smallest absolute Gasteiger partial charge is 0.119 e. The van der Waals surface area contributed by atoms with Crippen LogP contribution in [0.1, 0.15) is 30.7 Å². The molecule has 1 fully saturated rings. The first kappa shape index (κ1) is 19.4. The van der Waals surface area contributed by atoms with Gasteiger partial charge >= 0.3 is 0 Å². The van der Waals surface area contributed by atoms with Crippen molar-refractivity contribution >= 4 is 11.3 Å². The van der Waals surface area contributed by atoms with Gasteiger partial charge in [0.1, 0.15) is 18.5 Å². The van der Waals surface area contributed by atoms with E-state index in [1.54, 1.807) is 0 Å². The highest BCUT2D eigenvalue weighted by atomic mass is 32.1. The van der Waals surface area contributed by atoms with Gasteiger partial charge in [0.2, 0.25) is 0 Å². The van der Waals surface area contributed by atoms with E-state index in [1.165, 1.54) is 17.7 Å². The van der Waals surface area contributed by atoms with Crippen LogP contribution in [0.2, 0.25) is 0 Å². The number of piperidine rings is 1. The number of thiophene rings is 1. The molecule has 2 N–H and O–H groups in total. The fourth-order valence-corrected chi connectivity index (χ4v) is 4.25. The van der Waals surface area contributed by atoms with Crippen LogP contribution in [0.3, 0.4) is 0 Å². The van der Waals surface area contributed by atoms with E-state index in [0.717, 1.165) is 31.3 Å². The first-order valence-corrected chi connectivity index (χ1v) is 10.4. The standard InChI is InChI=1S/C21H30N2O2S/c1-17-9-11-23(12-10-17)20(21-8-5-13-26-21)15-22-14-18(24)16-25-19-6-3-2-4-7-19/h2-8,13,17-18,20,22,24H,9-12,14-16H2,1H3/t18-,20+/m1/s1. The molecule has 0 saturated carbocycles. The lowest BCUT2D eigenvalue weighted by Gasteiger charge is -2.36. The van der Waals surface area contributed by atoms with E-state index < -0.39 is 6.10 Å². The lowest BCUT2D eigenvalue weighted by molar-refractivity contribution is 0.0985. The molecule has 1 aromatic carbocycles. The summed E-state index contributed by atoms with van der Waals surface area (Å²) in [5.41, 5.74) is 0. The van der Waals surface area contributed by atoms with Crippen molar-refractivity contribution in [3.63, 3.8) is 0 Å². The molecule has 0 aliphatic carbocycles. The highest BCUT2D eigenvalue weighted by Crippen LogP contribution is 2.29. The molecular formula is C21H30N2O2S. The number of aliphatic hydroxyl groups excluding tert-OH is 1. The van der Waals surface area contributed by atoms with Crippen LogP contribution in [0, 0.1) is 5.92 Å². The number of aliphatic hydroxyl groups is 1. The van der Waals surface area contributed by atoms with E-state index in [9.17, 15) is 5.11 Å². The first-order chi connectivity index (χ1) is 12.7. The second kappa shape index (κ2) is 10.1. The van der Waals surface area contributed by atoms with E-state index >= 15 is 0 Å². The minimum Gasteiger partial charge on any atom is -0.491 e. The van der Waals surface area contributed by atoms with Crippen LogP contribution in [0.25, 0.3) is 0 Å². The summed E-state index contributed by atoms with van der Waals surface area (Å²) in [6.45, 7) is 6.37. The zero-order chi connectivity index (χ0) is 18.2. The Morgan fingerprint density at radius 2 is 1.92 bits per heavy atom. The molecule has 2 atom stereocenters. The van der Waals surface area contributed by atoms with Crippen LogP contribution in [0.5, 0.6) is 5.75 Å². The van der Waals surface area contributed by atoms with Gasteiger partial charge in [0.25, 0.3) is 0 Å². The number of nitrogens with zero attached hydrogens (tertiary/aromatic N) is 1. The van der Waals surface area contributed by atoms with Crippen molar-refractivity contribution in [2.75, 3.05) is 32.8 Å². The maximum absolute atomic E-state index is 10.2. The molecule has 0 spiro atoms. The van der Waals surface area contributed by atoms with Crippen molar-refractivity contribution in [3.05, 3.63) is 52.7 Å². The van der Waals surface area contributed by atoms with E-state index in [1.807, 2.05) is 41.7 Å². The highest BCUT2D eigenvalue weighted by molar-refractivity contribution is 7.10. The predicted octanol–water partition coefficient (Wildman–Crippen LogP) is 3.55. The van der Waals surface area contributed by atoms with Gasteiger partial charge in [0.15, 0.2) is 0 Å². The van der Waals surface area contributed by atoms with Crippen molar-refractivity contribution in [2.45, 2.75) is 31.9 Å². The third kappa shape index (κ3) is 5.81. The number of para-hydroxylation sites is 1. The molecule has 142 valence electrons. The lowest BCUT2D eigenvalue weighted by Crippen LogP contribution is -2.42. The van der Waals surface area contributed by atoms with Crippen molar-refractivity contribution < 1.29 is 9.84 Å². The van der Waals surface area contributed by atoms with Crippen LogP contribution in [0.15, 0.2) is 47.8 Å². The molecular weight excluding hydrogens is 344 g/mol. The maximum Gasteiger partial charge on any atom is 0.119 e. The van der Waals surface area contributed by atoms with Gasteiger partial charge in [0.05, 0.1) is 6.04 Å². The average molecular weight is 375 g/mol. The highest BCUT2D eigenvalue weighted by Gasteiger charge is 2.25. The summed E-state index contributed by atoms with van der Waals surface area (Å²) in [5, 5.41) is 15.8. The summed E-state index contributed by atoms with van der Waals surface area (Å²) in [5.74, 6) is 1.63. The van der Waals surface area contributed by atoms with Gasteiger partial charge in [-0.3, -0.25) is 4.90 Å². The zero-order valence-electron chi connectivity index (χ0n) is 15.5. The Hall–Kier alpha value is -1.40. The SMILES string of the molecule is CC1CCN([C@@H](CNC[C@@H](O)COc2ccccc2)c2cccs2)CC1. The molecule has 1 aliphatic rings. The first-order valence-electron chi connectivity index (χ1n) is 9.56. The van der Waals surface area contributed by atoms with Crippen LogP contribution in [-0.4, -0.2) is 48.9 Å². The molecule has 0 bridgehead atoms. The Labute approximate surface area is 160 Å². The Balaban J connectivity index is 1.45. The zero-order valence-corrected chi connectivity index (χ0v) is 16.3. The van der Waals surface area contributed by atoms with Gasteiger partial charge in [-0.25, -0.2) is 0 Å². The quantitative estimate of drug-likeness (QED) is 0.705. The molecule has 2 aromatic rings. The number of hydrogen-bond acceptors (Lipinski definition) is 5. The van der Waals surface area contributed by atoms with Gasteiger partial charge in [0, 0.05) is 18.0 Å². The molecule has 26 heavy (non-hydrogen) atoms. The second-order valence-electron chi connectivity index (χ2n) is 7.19. The molecule has 0 radical (unpaired) electrons. The number of ether oxygens (including phenoxy) is 1. The molecule has 2 heterocycles. The number of nitrogens with one attached hydrogen (secondary N) is 1. The third-order valence-corrected chi connectivity index (χ3v) is 6.01. The normalized spacial score (nSPS) is 18.5. The van der Waals surface area contributed by atoms with E-state index in [-0.39, 0.29) is 0 Å². The van der Waals surface area contributed by atoms with Gasteiger partial charge in [-0.15, -0.1) is 11.3 Å². The summed E-state index contributed by atoms with van der Waals surface area (Å²) in [6, 6.07) is 14.4. The molecule has 3 rings (SSSR count). The average Bonchev–Trinajstić information content (AvgIpc) is 3.20. The molecule has 5 heteroatoms. The Bertz CT molecular complexity index is 612. The van der Waals surface area contributed by atoms with Crippen LogP contribution < -0.4 is 10.1 Å². The number of rotatable bonds is 9. The molecule has 0 unspecified atom stereocenters. The Morgan fingerprint density at radius 1 is 1.15 bits per heavy atom. The van der Waals surface area contributed by atoms with Crippen molar-refractivity contribution in [2.24, 2.45) is 5.92 Å². The monoisotopic (exact) mass is 374 g/mol. The van der Waals surface area contributed by atoms with Gasteiger partial charge < -0.3 is 15.2 Å². The van der Waals surface area contributed by atoms with E-state index in [0.29, 0.717) is 19.2 Å². The lowest BCUT2D eigenvalue weighted by atomic mass is 9.97. The Morgan fingerprint density at radius 3 is 2.62 bits per heavy atom. The van der Waals surface area contributed by atoms with Gasteiger partial charge in [-0.1, -0.05) is 31.2 Å². The minimum absolute atomic E-state index is 0.307. The predicted molar refractivity (Wildman–Crippen MR) is 108 cm³/mol. The maximum atomic E-state index is 10.2. The third-order valence-electron chi connectivity index (χ3n) is 5.03. The summed E-state index contributed by atoms with van der Waals surface area (Å²) >= 11 is 1.82. The van der Waals surface area contributed by atoms with Gasteiger partial charge in [-0.05, 0) is 55.4 Å². The van der Waals surface area contributed by atoms with Crippen LogP contribution >= 0.6 is 11.3 Å². The summed E-state index contributed by atoms with van der Waals surface area (Å²) in [7, 11) is 0. The van der Waals surface area contributed by atoms with E-state index in [2.05, 4.69) is 34.7 Å². The second-order valence-corrected chi connectivity index (χ2v) is 8.17. The summed E-state index contributed by atoms with van der Waals surface area (Å²) in [4.78, 5) is 3.99. The Kier molecular flexibility index (Phi) is 7.50. The summed E-state index contributed by atoms with van der Waals surface area (Å²) in [6.07, 6.45) is 2.03. The van der Waals surface area contributed by atoms with Crippen LogP contribution in [0.4, 0.5) is 0 Å². The number of hydrogen-bond donors (Lipinski definition) is 2. The molecule has 1 saturated heterocycles. The van der Waals surface area contributed by atoms with Crippen molar-refractivity contribution in [1.29, 1.82) is 0 Å². The fraction of sp³-hybridized carbons (Fsp3) is 0.524. The largest absolute Gasteiger partial charge is 0.491 e. The molecule has 0 amide bonds. The van der Waals surface area contributed by atoms with Crippen molar-refractivity contribution in [1.82, 2.24) is 10.2 Å². The van der Waals surface area contributed by atoms with Crippen molar-refractivity contribution in [3.8, 4) is 5.75 Å². The molecule has 1 aliphatic heterocycles.